The van der Waals surface area contributed by atoms with Gasteiger partial charge in [-0.05, 0) is 43.0 Å². The molecule has 4 atom stereocenters. The topological polar surface area (TPSA) is 123 Å². The summed E-state index contributed by atoms with van der Waals surface area (Å²) in [4.78, 5) is 15.0. The number of carbonyl (C=O) groups excluding carboxylic acids is 1. The molecule has 5 N–H and O–H groups in total. The van der Waals surface area contributed by atoms with Crippen LogP contribution in [0.15, 0.2) is 24.3 Å². The average molecular weight is 444 g/mol. The number of fused-ring (bicyclic) bond motifs is 1. The van der Waals surface area contributed by atoms with Gasteiger partial charge in [-0.15, -0.1) is 0 Å². The molecule has 174 valence electrons. The van der Waals surface area contributed by atoms with E-state index in [1.807, 2.05) is 24.3 Å². The minimum atomic E-state index is -0.263. The van der Waals surface area contributed by atoms with Crippen molar-refractivity contribution in [1.29, 1.82) is 5.26 Å². The Balaban J connectivity index is 1.41. The van der Waals surface area contributed by atoms with Crippen LogP contribution in [0, 0.1) is 23.2 Å². The molecule has 0 radical (unpaired) electrons. The van der Waals surface area contributed by atoms with Gasteiger partial charge in [0.2, 0.25) is 5.91 Å². The van der Waals surface area contributed by atoms with Crippen LogP contribution < -0.4 is 31.5 Å². The van der Waals surface area contributed by atoms with Gasteiger partial charge < -0.3 is 14.8 Å². The number of rotatable bonds is 8. The van der Waals surface area contributed by atoms with Crippen molar-refractivity contribution in [1.82, 2.24) is 26.4 Å². The van der Waals surface area contributed by atoms with Crippen LogP contribution in [-0.2, 0) is 9.53 Å². The van der Waals surface area contributed by atoms with E-state index < -0.39 is 0 Å². The maximum Gasteiger partial charge on any atom is 0.242 e. The fourth-order valence-electron chi connectivity index (χ4n) is 4.67. The van der Waals surface area contributed by atoms with Gasteiger partial charge in [0.05, 0.1) is 24.8 Å². The summed E-state index contributed by atoms with van der Waals surface area (Å²) >= 11 is 0. The average Bonchev–Trinajstić information content (AvgIpc) is 2.81. The van der Waals surface area contributed by atoms with E-state index >= 15 is 0 Å². The number of hydrogen-bond acceptors (Lipinski definition) is 9. The molecule has 4 rings (SSSR count). The molecule has 0 bridgehead atoms. The zero-order chi connectivity index (χ0) is 22.3. The van der Waals surface area contributed by atoms with E-state index in [4.69, 9.17) is 14.7 Å². The Morgan fingerprint density at radius 3 is 2.69 bits per heavy atom. The van der Waals surface area contributed by atoms with Crippen LogP contribution in [0.1, 0.15) is 19.3 Å². The van der Waals surface area contributed by atoms with E-state index in [1.165, 1.54) is 0 Å². The number of hydrazine groups is 1. The van der Waals surface area contributed by atoms with Gasteiger partial charge in [-0.2, -0.15) is 5.26 Å². The van der Waals surface area contributed by atoms with Crippen LogP contribution in [0.2, 0.25) is 0 Å². The zero-order valence-corrected chi connectivity index (χ0v) is 18.5. The van der Waals surface area contributed by atoms with E-state index in [0.29, 0.717) is 32.1 Å². The fourth-order valence-corrected chi connectivity index (χ4v) is 4.67. The summed E-state index contributed by atoms with van der Waals surface area (Å²) in [5, 5.41) is 19.7. The molecule has 10 heteroatoms. The smallest absolute Gasteiger partial charge is 0.242 e. The van der Waals surface area contributed by atoms with Crippen molar-refractivity contribution >= 4 is 11.6 Å². The molecule has 4 unspecified atom stereocenters. The Morgan fingerprint density at radius 2 is 1.97 bits per heavy atom. The third-order valence-electron chi connectivity index (χ3n) is 6.47. The van der Waals surface area contributed by atoms with Gasteiger partial charge in [-0.1, -0.05) is 0 Å². The highest BCUT2D eigenvalue weighted by Gasteiger charge is 2.45. The van der Waals surface area contributed by atoms with Crippen molar-refractivity contribution in [2.45, 2.75) is 37.8 Å². The van der Waals surface area contributed by atoms with E-state index in [1.54, 1.807) is 7.11 Å². The number of hydrogen-bond donors (Lipinski definition) is 5. The van der Waals surface area contributed by atoms with Gasteiger partial charge >= 0.3 is 0 Å². The number of piperidine rings is 1. The standard InChI is InChI=1S/C22H33N7O3/c1-31-12-13-32-17-4-2-16(3-5-17)25-20-19-18(14-24-28-21(19)30)26-22(27-20)29-10-7-15(6-9-23)8-11-29/h2-5,15,18-20,22,24-27H,6-8,10-14H2,1H3,(H,28,30). The molecule has 3 aliphatic rings. The molecule has 3 aliphatic heterocycles. The molecule has 0 aliphatic carbocycles. The summed E-state index contributed by atoms with van der Waals surface area (Å²) in [6.07, 6.45) is 2.39. The monoisotopic (exact) mass is 443 g/mol. The van der Waals surface area contributed by atoms with Crippen molar-refractivity contribution < 1.29 is 14.3 Å². The molecule has 3 saturated heterocycles. The van der Waals surface area contributed by atoms with E-state index in [2.05, 4.69) is 37.8 Å². The van der Waals surface area contributed by atoms with Crippen LogP contribution in [0.5, 0.6) is 5.75 Å². The number of carbonyl (C=O) groups is 1. The minimum Gasteiger partial charge on any atom is -0.491 e. The first-order valence-electron chi connectivity index (χ1n) is 11.3. The number of anilines is 1. The second kappa shape index (κ2) is 10.9. The van der Waals surface area contributed by atoms with Crippen molar-refractivity contribution in [2.24, 2.45) is 11.8 Å². The fraction of sp³-hybridized carbons (Fsp3) is 0.636. The summed E-state index contributed by atoms with van der Waals surface area (Å²) in [7, 11) is 1.65. The number of nitrogens with one attached hydrogen (secondary N) is 5. The number of nitriles is 1. The normalized spacial score (nSPS) is 28.9. The van der Waals surface area contributed by atoms with Gasteiger partial charge in [0, 0.05) is 44.9 Å². The Bertz CT molecular complexity index is 792. The van der Waals surface area contributed by atoms with E-state index in [0.717, 1.165) is 37.4 Å². The first kappa shape index (κ1) is 22.8. The van der Waals surface area contributed by atoms with Gasteiger partial charge in [0.1, 0.15) is 18.6 Å². The lowest BCUT2D eigenvalue weighted by molar-refractivity contribution is -0.132. The van der Waals surface area contributed by atoms with Crippen molar-refractivity contribution in [2.75, 3.05) is 45.3 Å². The van der Waals surface area contributed by atoms with E-state index in [9.17, 15) is 4.79 Å². The molecule has 1 aromatic carbocycles. The van der Waals surface area contributed by atoms with Crippen LogP contribution in [0.25, 0.3) is 0 Å². The molecular weight excluding hydrogens is 410 g/mol. The molecule has 0 spiro atoms. The first-order chi connectivity index (χ1) is 15.7. The van der Waals surface area contributed by atoms with Crippen LogP contribution in [-0.4, -0.2) is 69.3 Å². The van der Waals surface area contributed by atoms with Crippen LogP contribution in [0.4, 0.5) is 5.69 Å². The highest BCUT2D eigenvalue weighted by atomic mass is 16.5. The van der Waals surface area contributed by atoms with Gasteiger partial charge in [-0.3, -0.25) is 25.8 Å². The quantitative estimate of drug-likeness (QED) is 0.358. The minimum absolute atomic E-state index is 0.000910. The molecule has 3 heterocycles. The molecule has 3 fully saturated rings. The molecular formula is C22H33N7O3. The number of benzene rings is 1. The Kier molecular flexibility index (Phi) is 7.78. The molecule has 10 nitrogen and oxygen atoms in total. The molecule has 32 heavy (non-hydrogen) atoms. The molecule has 0 saturated carbocycles. The Morgan fingerprint density at radius 1 is 1.19 bits per heavy atom. The Labute approximate surface area is 189 Å². The number of amides is 1. The second-order valence-electron chi connectivity index (χ2n) is 8.57. The maximum absolute atomic E-state index is 12.7. The SMILES string of the molecule is COCCOc1ccc(NC2NC(N3CCC(CC#N)CC3)NC3CNNC(=O)C32)cc1. The molecule has 1 aromatic rings. The number of ether oxygens (including phenoxy) is 2. The maximum atomic E-state index is 12.7. The summed E-state index contributed by atoms with van der Waals surface area (Å²) in [6.45, 7) is 3.55. The first-order valence-corrected chi connectivity index (χ1v) is 11.3. The number of likely N-dealkylation sites (tertiary alicyclic amines) is 1. The lowest BCUT2D eigenvalue weighted by Crippen LogP contribution is -2.77. The lowest BCUT2D eigenvalue weighted by Gasteiger charge is -2.49. The summed E-state index contributed by atoms with van der Waals surface area (Å²) in [6, 6.07) is 10.0. The second-order valence-corrected chi connectivity index (χ2v) is 8.57. The predicted octanol–water partition coefficient (Wildman–Crippen LogP) is 0.171. The number of methoxy groups -OCH3 is 1. The summed E-state index contributed by atoms with van der Waals surface area (Å²) < 4.78 is 10.7. The van der Waals surface area contributed by atoms with Crippen molar-refractivity contribution in [3.8, 4) is 11.8 Å². The zero-order valence-electron chi connectivity index (χ0n) is 18.5. The number of nitrogens with zero attached hydrogens (tertiary/aromatic N) is 2. The molecule has 0 aromatic heterocycles. The van der Waals surface area contributed by atoms with Gasteiger partial charge in [0.25, 0.3) is 0 Å². The highest BCUT2D eigenvalue weighted by Crippen LogP contribution is 2.26. The highest BCUT2D eigenvalue weighted by molar-refractivity contribution is 5.81. The van der Waals surface area contributed by atoms with E-state index in [-0.39, 0.29) is 30.3 Å². The van der Waals surface area contributed by atoms with Crippen LogP contribution in [0.3, 0.4) is 0 Å². The third-order valence-corrected chi connectivity index (χ3v) is 6.47. The predicted molar refractivity (Wildman–Crippen MR) is 119 cm³/mol. The van der Waals surface area contributed by atoms with Crippen molar-refractivity contribution in [3.05, 3.63) is 24.3 Å². The summed E-state index contributed by atoms with van der Waals surface area (Å²) in [5.41, 5.74) is 6.68. The van der Waals surface area contributed by atoms with Gasteiger partial charge in [0.15, 0.2) is 0 Å². The third kappa shape index (κ3) is 5.49. The summed E-state index contributed by atoms with van der Waals surface area (Å²) in [5.74, 6) is 0.959. The van der Waals surface area contributed by atoms with Gasteiger partial charge in [-0.25, -0.2) is 5.43 Å². The lowest BCUT2D eigenvalue weighted by atomic mass is 9.90. The largest absolute Gasteiger partial charge is 0.491 e. The Hall–Kier alpha value is -2.42. The molecule has 1 amide bonds. The van der Waals surface area contributed by atoms with Crippen LogP contribution >= 0.6 is 0 Å². The van der Waals surface area contributed by atoms with Crippen molar-refractivity contribution in [3.63, 3.8) is 0 Å².